The second-order valence-electron chi connectivity index (χ2n) is 8.37. The van der Waals surface area contributed by atoms with Gasteiger partial charge in [-0.15, -0.1) is 0 Å². The Balaban J connectivity index is 1.66. The van der Waals surface area contributed by atoms with Gasteiger partial charge in [-0.2, -0.15) is 0 Å². The fourth-order valence-electron chi connectivity index (χ4n) is 4.39. The number of piperidine rings is 1. The summed E-state index contributed by atoms with van der Waals surface area (Å²) in [6, 6.07) is 9.30. The van der Waals surface area contributed by atoms with E-state index in [0.717, 1.165) is 64.1 Å². The topological polar surface area (TPSA) is 28.2 Å². The lowest BCUT2D eigenvalue weighted by molar-refractivity contribution is 0.0543. The third kappa shape index (κ3) is 6.18. The standard InChI is InChI=1S/C23H39N3O2/c1-4-28-22-7-5-21(6-8-22)23(19-25-11-9-20(2)10-12-25)26-15-13-24(14-16-26)17-18-27-3/h5-8,20,23H,4,9-19H2,1-3H3. The van der Waals surface area contributed by atoms with E-state index < -0.39 is 0 Å². The minimum atomic E-state index is 0.466. The molecule has 0 saturated carbocycles. The molecule has 2 aliphatic heterocycles. The lowest BCUT2D eigenvalue weighted by atomic mass is 9.97. The monoisotopic (exact) mass is 389 g/mol. The van der Waals surface area contributed by atoms with Crippen LogP contribution in [0, 0.1) is 5.92 Å². The number of methoxy groups -OCH3 is 1. The molecule has 3 rings (SSSR count). The molecule has 2 aliphatic rings. The Morgan fingerprint density at radius 1 is 0.964 bits per heavy atom. The molecule has 1 aromatic carbocycles. The van der Waals surface area contributed by atoms with Gasteiger partial charge in [-0.05, 0) is 56.5 Å². The maximum Gasteiger partial charge on any atom is 0.119 e. The minimum absolute atomic E-state index is 0.466. The largest absolute Gasteiger partial charge is 0.494 e. The van der Waals surface area contributed by atoms with Crippen LogP contribution in [0.5, 0.6) is 5.75 Å². The average molecular weight is 390 g/mol. The molecule has 2 saturated heterocycles. The summed E-state index contributed by atoms with van der Waals surface area (Å²) in [5, 5.41) is 0. The lowest BCUT2D eigenvalue weighted by Gasteiger charge is -2.42. The van der Waals surface area contributed by atoms with Gasteiger partial charge in [-0.3, -0.25) is 9.80 Å². The molecule has 1 atom stereocenters. The van der Waals surface area contributed by atoms with Crippen LogP contribution in [0.25, 0.3) is 0 Å². The molecule has 1 unspecified atom stereocenters. The normalized spacial score (nSPS) is 21.7. The predicted molar refractivity (Wildman–Crippen MR) is 115 cm³/mol. The number of nitrogens with zero attached hydrogens (tertiary/aromatic N) is 3. The van der Waals surface area contributed by atoms with Crippen molar-refractivity contribution in [1.29, 1.82) is 0 Å². The maximum absolute atomic E-state index is 5.66. The van der Waals surface area contributed by atoms with Crippen LogP contribution in [0.2, 0.25) is 0 Å². The van der Waals surface area contributed by atoms with E-state index in [1.165, 1.54) is 31.5 Å². The molecule has 5 nitrogen and oxygen atoms in total. The second kappa shape index (κ2) is 11.1. The number of piperazine rings is 1. The van der Waals surface area contributed by atoms with E-state index in [1.807, 2.05) is 6.92 Å². The van der Waals surface area contributed by atoms with Crippen LogP contribution < -0.4 is 4.74 Å². The van der Waals surface area contributed by atoms with Crippen molar-refractivity contribution >= 4 is 0 Å². The van der Waals surface area contributed by atoms with Crippen LogP contribution in [0.1, 0.15) is 38.3 Å². The molecule has 0 aromatic heterocycles. The highest BCUT2D eigenvalue weighted by Gasteiger charge is 2.28. The van der Waals surface area contributed by atoms with E-state index in [-0.39, 0.29) is 0 Å². The molecule has 1 aromatic rings. The molecule has 28 heavy (non-hydrogen) atoms. The fourth-order valence-corrected chi connectivity index (χ4v) is 4.39. The molecule has 0 bridgehead atoms. The van der Waals surface area contributed by atoms with Crippen molar-refractivity contribution < 1.29 is 9.47 Å². The van der Waals surface area contributed by atoms with Crippen LogP contribution in [0.15, 0.2) is 24.3 Å². The van der Waals surface area contributed by atoms with Crippen molar-refractivity contribution in [3.05, 3.63) is 29.8 Å². The Kier molecular flexibility index (Phi) is 8.59. The van der Waals surface area contributed by atoms with Gasteiger partial charge < -0.3 is 14.4 Å². The highest BCUT2D eigenvalue weighted by molar-refractivity contribution is 5.29. The average Bonchev–Trinajstić information content (AvgIpc) is 2.73. The van der Waals surface area contributed by atoms with Gasteiger partial charge in [0.25, 0.3) is 0 Å². The molecule has 0 amide bonds. The van der Waals surface area contributed by atoms with E-state index in [1.54, 1.807) is 7.11 Å². The summed E-state index contributed by atoms with van der Waals surface area (Å²) in [7, 11) is 1.79. The number of rotatable bonds is 9. The van der Waals surface area contributed by atoms with Crippen molar-refractivity contribution in [2.75, 3.05) is 72.7 Å². The minimum Gasteiger partial charge on any atom is -0.494 e. The maximum atomic E-state index is 5.66. The second-order valence-corrected chi connectivity index (χ2v) is 8.37. The number of ether oxygens (including phenoxy) is 2. The highest BCUT2D eigenvalue weighted by Crippen LogP contribution is 2.27. The first kappa shape index (κ1) is 21.6. The number of hydrogen-bond acceptors (Lipinski definition) is 5. The smallest absolute Gasteiger partial charge is 0.119 e. The van der Waals surface area contributed by atoms with E-state index in [2.05, 4.69) is 45.9 Å². The van der Waals surface area contributed by atoms with Crippen molar-refractivity contribution in [2.24, 2.45) is 5.92 Å². The van der Waals surface area contributed by atoms with Gasteiger partial charge in [0.2, 0.25) is 0 Å². The SMILES string of the molecule is CCOc1ccc(C(CN2CCC(C)CC2)N2CCN(CCOC)CC2)cc1. The Labute approximate surface area is 171 Å². The van der Waals surface area contributed by atoms with Crippen LogP contribution in [0.4, 0.5) is 0 Å². The third-order valence-corrected chi connectivity index (χ3v) is 6.34. The first-order valence-corrected chi connectivity index (χ1v) is 11.1. The van der Waals surface area contributed by atoms with Gasteiger partial charge in [-0.1, -0.05) is 19.1 Å². The molecule has 2 heterocycles. The number of benzene rings is 1. The zero-order chi connectivity index (χ0) is 19.8. The van der Waals surface area contributed by atoms with Gasteiger partial charge in [0.05, 0.1) is 13.2 Å². The van der Waals surface area contributed by atoms with Gasteiger partial charge in [0, 0.05) is 52.4 Å². The summed E-state index contributed by atoms with van der Waals surface area (Å²) >= 11 is 0. The molecular formula is C23H39N3O2. The van der Waals surface area contributed by atoms with E-state index in [4.69, 9.17) is 9.47 Å². The van der Waals surface area contributed by atoms with Crippen molar-refractivity contribution in [2.45, 2.75) is 32.7 Å². The molecule has 158 valence electrons. The molecule has 5 heteroatoms. The summed E-state index contributed by atoms with van der Waals surface area (Å²) in [5.41, 5.74) is 1.42. The van der Waals surface area contributed by atoms with Crippen LogP contribution in [-0.2, 0) is 4.74 Å². The number of hydrogen-bond donors (Lipinski definition) is 0. The molecule has 0 radical (unpaired) electrons. The van der Waals surface area contributed by atoms with Gasteiger partial charge in [0.1, 0.15) is 5.75 Å². The Morgan fingerprint density at radius 2 is 1.64 bits per heavy atom. The highest BCUT2D eigenvalue weighted by atomic mass is 16.5. The molecule has 0 N–H and O–H groups in total. The van der Waals surface area contributed by atoms with E-state index in [9.17, 15) is 0 Å². The summed E-state index contributed by atoms with van der Waals surface area (Å²) in [6.07, 6.45) is 2.67. The van der Waals surface area contributed by atoms with Crippen LogP contribution >= 0.6 is 0 Å². The zero-order valence-electron chi connectivity index (χ0n) is 18.1. The Bertz CT molecular complexity index is 549. The van der Waals surface area contributed by atoms with E-state index in [0.29, 0.717) is 6.04 Å². The zero-order valence-corrected chi connectivity index (χ0v) is 18.1. The molecular weight excluding hydrogens is 350 g/mol. The summed E-state index contributed by atoms with van der Waals surface area (Å²) < 4.78 is 10.9. The van der Waals surface area contributed by atoms with Gasteiger partial charge in [-0.25, -0.2) is 0 Å². The van der Waals surface area contributed by atoms with Crippen molar-refractivity contribution in [3.8, 4) is 5.75 Å². The van der Waals surface area contributed by atoms with Gasteiger partial charge in [0.15, 0.2) is 0 Å². The fraction of sp³-hybridized carbons (Fsp3) is 0.739. The summed E-state index contributed by atoms with van der Waals surface area (Å²) in [4.78, 5) is 7.90. The van der Waals surface area contributed by atoms with E-state index >= 15 is 0 Å². The van der Waals surface area contributed by atoms with Crippen molar-refractivity contribution in [1.82, 2.24) is 14.7 Å². The van der Waals surface area contributed by atoms with Crippen molar-refractivity contribution in [3.63, 3.8) is 0 Å². The Morgan fingerprint density at radius 3 is 2.25 bits per heavy atom. The summed E-state index contributed by atoms with van der Waals surface area (Å²) in [5.74, 6) is 1.85. The van der Waals surface area contributed by atoms with Crippen LogP contribution in [0.3, 0.4) is 0 Å². The van der Waals surface area contributed by atoms with Crippen LogP contribution in [-0.4, -0.2) is 87.4 Å². The molecule has 2 fully saturated rings. The first-order valence-electron chi connectivity index (χ1n) is 11.1. The summed E-state index contributed by atoms with van der Waals surface area (Å²) in [6.45, 7) is 15.2. The molecule has 0 aliphatic carbocycles. The quantitative estimate of drug-likeness (QED) is 0.647. The third-order valence-electron chi connectivity index (χ3n) is 6.34. The molecule has 0 spiro atoms. The lowest BCUT2D eigenvalue weighted by Crippen LogP contribution is -2.50. The predicted octanol–water partition coefficient (Wildman–Crippen LogP) is 3.12. The van der Waals surface area contributed by atoms with Gasteiger partial charge >= 0.3 is 0 Å². The Hall–Kier alpha value is -1.14. The first-order chi connectivity index (χ1) is 13.7. The number of likely N-dealkylation sites (tertiary alicyclic amines) is 1.